The Morgan fingerprint density at radius 3 is 1.76 bits per heavy atom. The molecule has 0 N–H and O–H groups in total. The van der Waals surface area contributed by atoms with Gasteiger partial charge in [0.2, 0.25) is 0 Å². The maximum Gasteiger partial charge on any atom is 0.0725 e. The van der Waals surface area contributed by atoms with Gasteiger partial charge in [0.1, 0.15) is 0 Å². The first-order chi connectivity index (χ1) is 16.2. The molecule has 0 saturated heterocycles. The van der Waals surface area contributed by atoms with Gasteiger partial charge in [0, 0.05) is 11.8 Å². The predicted molar refractivity (Wildman–Crippen MR) is 135 cm³/mol. The topological polar surface area (TPSA) is 12.9 Å². The Hall–Kier alpha value is -3.97. The van der Waals surface area contributed by atoms with Crippen molar-refractivity contribution in [3.05, 3.63) is 137 Å². The molecule has 5 aromatic rings. The zero-order chi connectivity index (χ0) is 22.2. The average Bonchev–Trinajstić information content (AvgIpc) is 3.30. The van der Waals surface area contributed by atoms with E-state index >= 15 is 0 Å². The van der Waals surface area contributed by atoms with Crippen LogP contribution in [0, 0.1) is 13.8 Å². The Morgan fingerprint density at radius 1 is 0.515 bits per heavy atom. The number of benzene rings is 4. The van der Waals surface area contributed by atoms with Gasteiger partial charge in [-0.1, -0.05) is 90.0 Å². The molecule has 0 fully saturated rings. The second-order valence-corrected chi connectivity index (χ2v) is 9.37. The Balaban J connectivity index is 1.66. The van der Waals surface area contributed by atoms with Gasteiger partial charge >= 0.3 is 0 Å². The van der Waals surface area contributed by atoms with E-state index in [4.69, 9.17) is 0 Å². The minimum atomic E-state index is -0.306. The van der Waals surface area contributed by atoms with E-state index in [1.54, 1.807) is 0 Å². The lowest BCUT2D eigenvalue weighted by Gasteiger charge is -2.31. The highest BCUT2D eigenvalue weighted by Crippen LogP contribution is 2.63. The molecule has 0 saturated carbocycles. The smallest absolute Gasteiger partial charge is 0.0725 e. The highest BCUT2D eigenvalue weighted by atomic mass is 14.7. The van der Waals surface area contributed by atoms with Gasteiger partial charge in [0.25, 0.3) is 0 Å². The first-order valence-electron chi connectivity index (χ1n) is 11.6. The summed E-state index contributed by atoms with van der Waals surface area (Å²) in [5.41, 5.74) is 15.4. The molecule has 1 nitrogen and oxygen atoms in total. The molecule has 156 valence electrons. The number of nitrogens with zero attached hydrogens (tertiary/aromatic N) is 1. The Bertz CT molecular complexity index is 1520. The summed E-state index contributed by atoms with van der Waals surface area (Å²) in [7, 11) is 0. The minimum absolute atomic E-state index is 0.306. The van der Waals surface area contributed by atoms with Crippen LogP contribution in [-0.2, 0) is 5.41 Å². The van der Waals surface area contributed by atoms with E-state index in [2.05, 4.69) is 110 Å². The number of aromatic nitrogens is 1. The molecule has 0 amide bonds. The van der Waals surface area contributed by atoms with Crippen molar-refractivity contribution in [3.8, 4) is 33.5 Å². The lowest BCUT2D eigenvalue weighted by atomic mass is 9.70. The normalized spacial score (nSPS) is 14.0. The fourth-order valence-corrected chi connectivity index (χ4v) is 6.10. The zero-order valence-corrected chi connectivity index (χ0v) is 18.8. The van der Waals surface area contributed by atoms with E-state index in [0.29, 0.717) is 0 Å². The van der Waals surface area contributed by atoms with Crippen molar-refractivity contribution in [2.75, 3.05) is 0 Å². The van der Waals surface area contributed by atoms with Gasteiger partial charge in [-0.3, -0.25) is 4.98 Å². The Morgan fingerprint density at radius 2 is 1.09 bits per heavy atom. The molecule has 4 aromatic carbocycles. The third-order valence-corrected chi connectivity index (χ3v) is 7.45. The molecule has 33 heavy (non-hydrogen) atoms. The van der Waals surface area contributed by atoms with Gasteiger partial charge in [-0.15, -0.1) is 0 Å². The van der Waals surface area contributed by atoms with E-state index in [9.17, 15) is 0 Å². The van der Waals surface area contributed by atoms with Crippen LogP contribution < -0.4 is 0 Å². The van der Waals surface area contributed by atoms with Crippen LogP contribution in [0.1, 0.15) is 33.4 Å². The number of aryl methyl sites for hydroxylation is 2. The molecular weight excluding hydrogens is 398 g/mol. The van der Waals surface area contributed by atoms with E-state index in [1.165, 1.54) is 55.6 Å². The van der Waals surface area contributed by atoms with Crippen LogP contribution >= 0.6 is 0 Å². The van der Waals surface area contributed by atoms with Gasteiger partial charge in [0.15, 0.2) is 0 Å². The number of pyridine rings is 1. The van der Waals surface area contributed by atoms with Crippen molar-refractivity contribution >= 4 is 0 Å². The van der Waals surface area contributed by atoms with Gasteiger partial charge in [-0.2, -0.15) is 0 Å². The van der Waals surface area contributed by atoms with Crippen molar-refractivity contribution in [1.29, 1.82) is 0 Å². The van der Waals surface area contributed by atoms with Gasteiger partial charge < -0.3 is 0 Å². The van der Waals surface area contributed by atoms with Crippen molar-refractivity contribution in [1.82, 2.24) is 4.98 Å². The maximum absolute atomic E-state index is 4.66. The summed E-state index contributed by atoms with van der Waals surface area (Å²) in [6, 6.07) is 36.0. The third kappa shape index (κ3) is 2.34. The van der Waals surface area contributed by atoms with Gasteiger partial charge in [-0.05, 0) is 76.6 Å². The minimum Gasteiger partial charge on any atom is -0.256 e. The molecule has 1 aromatic heterocycles. The lowest BCUT2D eigenvalue weighted by Crippen LogP contribution is -2.26. The monoisotopic (exact) mass is 421 g/mol. The van der Waals surface area contributed by atoms with Crippen molar-refractivity contribution in [2.45, 2.75) is 19.3 Å². The van der Waals surface area contributed by atoms with E-state index in [0.717, 1.165) is 11.3 Å². The van der Waals surface area contributed by atoms with Crippen molar-refractivity contribution in [3.63, 3.8) is 0 Å². The van der Waals surface area contributed by atoms with E-state index < -0.39 is 0 Å². The fourth-order valence-electron chi connectivity index (χ4n) is 6.10. The van der Waals surface area contributed by atoms with Crippen LogP contribution in [0.2, 0.25) is 0 Å². The summed E-state index contributed by atoms with van der Waals surface area (Å²) in [5, 5.41) is 0. The van der Waals surface area contributed by atoms with Crippen molar-refractivity contribution in [2.24, 2.45) is 0 Å². The summed E-state index contributed by atoms with van der Waals surface area (Å²) in [6.45, 7) is 4.41. The van der Waals surface area contributed by atoms with Gasteiger partial charge in [0.05, 0.1) is 11.1 Å². The van der Waals surface area contributed by atoms with Crippen LogP contribution in [0.25, 0.3) is 33.5 Å². The van der Waals surface area contributed by atoms with E-state index in [1.807, 2.05) is 12.3 Å². The number of rotatable bonds is 1. The standard InChI is InChI=1S/C32H23N/c1-20-10-13-24-25-14-11-21(2)18-29(25)32(28(24)17-20)27-8-4-3-7-23(27)26-15-12-22(19-30(26)32)31-9-5-6-16-33-31/h3-19H,1-2H3. The Labute approximate surface area is 194 Å². The first-order valence-corrected chi connectivity index (χ1v) is 11.6. The van der Waals surface area contributed by atoms with Crippen LogP contribution in [-0.4, -0.2) is 4.98 Å². The lowest BCUT2D eigenvalue weighted by molar-refractivity contribution is 0.792. The highest BCUT2D eigenvalue weighted by molar-refractivity contribution is 5.96. The predicted octanol–water partition coefficient (Wildman–Crippen LogP) is 7.71. The molecule has 0 atom stereocenters. The van der Waals surface area contributed by atoms with Crippen LogP contribution in [0.5, 0.6) is 0 Å². The summed E-state index contributed by atoms with van der Waals surface area (Å²) < 4.78 is 0. The molecule has 0 bridgehead atoms. The molecule has 2 aliphatic rings. The first kappa shape index (κ1) is 18.6. The van der Waals surface area contributed by atoms with Crippen LogP contribution in [0.3, 0.4) is 0 Å². The second-order valence-electron chi connectivity index (χ2n) is 9.37. The molecule has 2 aliphatic carbocycles. The molecule has 1 heteroatoms. The largest absolute Gasteiger partial charge is 0.256 e. The fraction of sp³-hybridized carbons (Fsp3) is 0.0938. The third-order valence-electron chi connectivity index (χ3n) is 7.45. The zero-order valence-electron chi connectivity index (χ0n) is 18.8. The molecular formula is C32H23N. The SMILES string of the molecule is Cc1ccc2c(c1)C1(c3ccccc3-c3ccc(-c4ccccn4)cc31)c1cc(C)ccc1-2. The maximum atomic E-state index is 4.66. The highest BCUT2D eigenvalue weighted by Gasteiger charge is 2.51. The molecule has 0 unspecified atom stereocenters. The Kier molecular flexibility index (Phi) is 3.67. The molecule has 0 aliphatic heterocycles. The van der Waals surface area contributed by atoms with Crippen LogP contribution in [0.15, 0.2) is 103 Å². The quantitative estimate of drug-likeness (QED) is 0.264. The molecule has 0 radical (unpaired) electrons. The summed E-state index contributed by atoms with van der Waals surface area (Å²) in [6.07, 6.45) is 1.87. The number of fused-ring (bicyclic) bond motifs is 10. The number of hydrogen-bond donors (Lipinski definition) is 0. The van der Waals surface area contributed by atoms with Crippen LogP contribution in [0.4, 0.5) is 0 Å². The average molecular weight is 422 g/mol. The summed E-state index contributed by atoms with van der Waals surface area (Å²) >= 11 is 0. The molecule has 1 heterocycles. The second kappa shape index (κ2) is 6.52. The summed E-state index contributed by atoms with van der Waals surface area (Å²) in [4.78, 5) is 4.66. The van der Waals surface area contributed by atoms with E-state index in [-0.39, 0.29) is 5.41 Å². The summed E-state index contributed by atoms with van der Waals surface area (Å²) in [5.74, 6) is 0. The van der Waals surface area contributed by atoms with Gasteiger partial charge in [-0.25, -0.2) is 0 Å². The number of hydrogen-bond acceptors (Lipinski definition) is 1. The molecule has 7 rings (SSSR count). The molecule has 1 spiro atoms. The van der Waals surface area contributed by atoms with Crippen molar-refractivity contribution < 1.29 is 0 Å².